The number of thioether (sulfide) groups is 1. The van der Waals surface area contributed by atoms with Gasteiger partial charge in [0.2, 0.25) is 0 Å². The van der Waals surface area contributed by atoms with Gasteiger partial charge in [0.05, 0.1) is 18.9 Å². The van der Waals surface area contributed by atoms with Crippen molar-refractivity contribution in [3.63, 3.8) is 0 Å². The van der Waals surface area contributed by atoms with Crippen LogP contribution in [0.4, 0.5) is 14.6 Å². The van der Waals surface area contributed by atoms with E-state index in [0.29, 0.717) is 41.9 Å². The number of ether oxygens (including phenoxy) is 1. The molecule has 2 aromatic rings. The second-order valence-electron chi connectivity index (χ2n) is 8.43. The summed E-state index contributed by atoms with van der Waals surface area (Å²) in [6.45, 7) is 0.424. The van der Waals surface area contributed by atoms with Crippen molar-refractivity contribution in [2.75, 3.05) is 24.7 Å². The number of nitrogens with zero attached hydrogens (tertiary/aromatic N) is 3. The molecule has 0 aromatic carbocycles. The van der Waals surface area contributed by atoms with Gasteiger partial charge in [-0.3, -0.25) is 24.7 Å². The maximum Gasteiger partial charge on any atom is 0.280 e. The molecule has 1 amide bonds. The summed E-state index contributed by atoms with van der Waals surface area (Å²) in [7, 11) is 1.38. The smallest absolute Gasteiger partial charge is 0.280 e. The van der Waals surface area contributed by atoms with E-state index in [2.05, 4.69) is 43.0 Å². The molecule has 14 heteroatoms. The number of pyridine rings is 2. The average Bonchev–Trinajstić information content (AvgIpc) is 3.63. The fourth-order valence-electron chi connectivity index (χ4n) is 3.46. The Kier molecular flexibility index (Phi) is 9.48. The summed E-state index contributed by atoms with van der Waals surface area (Å²) in [5.74, 6) is 6.75. The lowest BCUT2D eigenvalue weighted by molar-refractivity contribution is 0.0978. The van der Waals surface area contributed by atoms with Gasteiger partial charge in [-0.2, -0.15) is 5.10 Å². The molecule has 3 heterocycles. The number of anilines is 1. The molecule has 1 saturated carbocycles. The summed E-state index contributed by atoms with van der Waals surface area (Å²) in [4.78, 5) is 21.3. The Labute approximate surface area is 225 Å². The van der Waals surface area contributed by atoms with Crippen LogP contribution in [0.15, 0.2) is 29.6 Å². The number of amides is 1. The third-order valence-electron chi connectivity index (χ3n) is 5.54. The first-order valence-corrected chi connectivity index (χ1v) is 13.9. The van der Waals surface area contributed by atoms with Gasteiger partial charge in [0, 0.05) is 35.5 Å². The van der Waals surface area contributed by atoms with Crippen LogP contribution >= 0.6 is 11.8 Å². The number of hydrogen-bond donors (Lipinski definition) is 3. The number of carbonyl (C=O) groups is 1. The highest BCUT2D eigenvalue weighted by atomic mass is 32.2. The molecule has 0 saturated heterocycles. The molecule has 0 spiro atoms. The summed E-state index contributed by atoms with van der Waals surface area (Å²) < 4.78 is 53.7. The number of hydrogen-bond acceptors (Lipinski definition) is 10. The molecule has 2 unspecified atom stereocenters. The Morgan fingerprint density at radius 2 is 2.08 bits per heavy atom. The van der Waals surface area contributed by atoms with Crippen molar-refractivity contribution >= 4 is 39.7 Å². The van der Waals surface area contributed by atoms with Gasteiger partial charge in [0.25, 0.3) is 12.3 Å². The molecule has 202 valence electrons. The van der Waals surface area contributed by atoms with E-state index in [0.717, 1.165) is 12.8 Å². The van der Waals surface area contributed by atoms with Crippen molar-refractivity contribution in [3.8, 4) is 28.7 Å². The number of alkyl halides is 2. The lowest BCUT2D eigenvalue weighted by atomic mass is 10.00. The van der Waals surface area contributed by atoms with Gasteiger partial charge in [-0.25, -0.2) is 13.8 Å². The van der Waals surface area contributed by atoms with Crippen LogP contribution in [0, 0.1) is 17.8 Å². The van der Waals surface area contributed by atoms with E-state index in [9.17, 15) is 22.3 Å². The van der Waals surface area contributed by atoms with Crippen LogP contribution in [-0.4, -0.2) is 54.6 Å². The highest BCUT2D eigenvalue weighted by molar-refractivity contribution is 8.14. The first-order chi connectivity index (χ1) is 18.3. The summed E-state index contributed by atoms with van der Waals surface area (Å²) in [5, 5.41) is 9.97. The number of unbranched alkanes of at least 4 members (excludes halogenated alkanes) is 1. The number of aromatic nitrogens is 2. The fourth-order valence-corrected chi connectivity index (χ4v) is 4.61. The largest absolute Gasteiger partial charge is 0.772 e. The number of halogens is 2. The molecule has 2 aliphatic rings. The van der Waals surface area contributed by atoms with Crippen LogP contribution < -0.4 is 20.8 Å². The van der Waals surface area contributed by atoms with Gasteiger partial charge in [-0.15, -0.1) is 0 Å². The summed E-state index contributed by atoms with van der Waals surface area (Å²) in [6, 6.07) is 2.73. The Hall–Kier alpha value is -3.28. The predicted molar refractivity (Wildman–Crippen MR) is 140 cm³/mol. The van der Waals surface area contributed by atoms with Crippen LogP contribution in [0.5, 0.6) is 5.75 Å². The minimum Gasteiger partial charge on any atom is -0.772 e. The van der Waals surface area contributed by atoms with Gasteiger partial charge in [0.1, 0.15) is 17.3 Å². The molecule has 0 bridgehead atoms. The molecule has 10 nitrogen and oxygen atoms in total. The Morgan fingerprint density at radius 3 is 2.79 bits per heavy atom. The topological polar surface area (TPSA) is 141 Å². The van der Waals surface area contributed by atoms with Gasteiger partial charge < -0.3 is 14.6 Å². The van der Waals surface area contributed by atoms with E-state index < -0.39 is 29.1 Å². The lowest BCUT2D eigenvalue weighted by Gasteiger charge is -2.16. The van der Waals surface area contributed by atoms with E-state index in [-0.39, 0.29) is 28.0 Å². The van der Waals surface area contributed by atoms with Gasteiger partial charge in [-0.1, -0.05) is 22.9 Å². The van der Waals surface area contributed by atoms with Crippen molar-refractivity contribution in [3.05, 3.63) is 35.8 Å². The summed E-state index contributed by atoms with van der Waals surface area (Å²) >= 11 is -0.846. The van der Waals surface area contributed by atoms with Gasteiger partial charge >= 0.3 is 0 Å². The van der Waals surface area contributed by atoms with Crippen molar-refractivity contribution in [1.29, 1.82) is 0 Å². The highest BCUT2D eigenvalue weighted by Crippen LogP contribution is 2.35. The normalized spacial score (nSPS) is 17.2. The van der Waals surface area contributed by atoms with E-state index in [4.69, 9.17) is 4.74 Å². The Balaban J connectivity index is 1.57. The summed E-state index contributed by atoms with van der Waals surface area (Å²) in [5.41, 5.74) is 3.04. The monoisotopic (exact) mass is 563 g/mol. The Bertz CT molecular complexity index is 1300. The zero-order chi connectivity index (χ0) is 27.1. The Morgan fingerprint density at radius 1 is 1.26 bits per heavy atom. The fraction of sp³-hybridized carbons (Fsp3) is 0.417. The van der Waals surface area contributed by atoms with Crippen molar-refractivity contribution in [1.82, 2.24) is 20.7 Å². The van der Waals surface area contributed by atoms with Crippen LogP contribution in [0.3, 0.4) is 0 Å². The number of hydrazone groups is 1. The number of carbonyl (C=O) groups excluding carboxylic acids is 1. The number of methoxy groups -OCH3 is 1. The van der Waals surface area contributed by atoms with Crippen LogP contribution in [0.2, 0.25) is 0 Å². The maximum atomic E-state index is 13.5. The second kappa shape index (κ2) is 13.0. The van der Waals surface area contributed by atoms with E-state index in [1.807, 2.05) is 0 Å². The molecule has 4 rings (SSSR count). The highest BCUT2D eigenvalue weighted by Gasteiger charge is 2.25. The molecule has 3 N–H and O–H groups in total. The van der Waals surface area contributed by atoms with Gasteiger partial charge in [-0.05, 0) is 49.6 Å². The van der Waals surface area contributed by atoms with E-state index in [1.54, 1.807) is 6.07 Å². The predicted octanol–water partition coefficient (Wildman–Crippen LogP) is 3.24. The van der Waals surface area contributed by atoms with Crippen LogP contribution in [0.25, 0.3) is 11.1 Å². The first kappa shape index (κ1) is 27.7. The quantitative estimate of drug-likeness (QED) is 0.226. The van der Waals surface area contributed by atoms with Crippen LogP contribution in [0.1, 0.15) is 48.2 Å². The molecule has 0 radical (unpaired) electrons. The summed E-state index contributed by atoms with van der Waals surface area (Å²) in [6.07, 6.45) is 2.91. The minimum absolute atomic E-state index is 0.0495. The zero-order valence-electron chi connectivity index (χ0n) is 20.3. The third-order valence-corrected chi connectivity index (χ3v) is 7.04. The molecule has 1 aliphatic heterocycles. The SMILES string of the molecule is COc1cnc(C(F)F)cc1-c1cc(NCCCCS(=O)[O-])ncc1C(=O)NC1=NNC(C#CC2CC2)S1. The van der Waals surface area contributed by atoms with Crippen molar-refractivity contribution in [2.45, 2.75) is 37.5 Å². The maximum absolute atomic E-state index is 13.5. The molecule has 1 fully saturated rings. The average molecular weight is 564 g/mol. The van der Waals surface area contributed by atoms with E-state index >= 15 is 0 Å². The zero-order valence-corrected chi connectivity index (χ0v) is 22.0. The van der Waals surface area contributed by atoms with Crippen molar-refractivity contribution < 1.29 is 27.1 Å². The molecular formula is C24H25F2N6O4S2-. The number of rotatable bonds is 10. The third kappa shape index (κ3) is 7.62. The molecule has 2 atom stereocenters. The number of nitrogens with one attached hydrogen (secondary N) is 3. The molecule has 1 aliphatic carbocycles. The van der Waals surface area contributed by atoms with Gasteiger partial charge in [0.15, 0.2) is 10.5 Å². The van der Waals surface area contributed by atoms with E-state index in [1.165, 1.54) is 37.3 Å². The molecular weight excluding hydrogens is 538 g/mol. The molecule has 38 heavy (non-hydrogen) atoms. The van der Waals surface area contributed by atoms with Crippen molar-refractivity contribution in [2.24, 2.45) is 11.0 Å². The lowest BCUT2D eigenvalue weighted by Crippen LogP contribution is -2.28. The first-order valence-electron chi connectivity index (χ1n) is 11.8. The second-order valence-corrected chi connectivity index (χ2v) is 10.5. The van der Waals surface area contributed by atoms with Crippen LogP contribution in [-0.2, 0) is 11.1 Å². The molecule has 2 aromatic heterocycles. The number of amidine groups is 1. The minimum atomic E-state index is -2.83. The standard InChI is InChI=1S/C24H26F2N6O4S2/c1-36-19-13-28-18(22(25)26)10-16(19)15-11-20(27-8-2-3-9-38(34)35)29-12-17(15)23(33)30-24-32-31-21(37-24)7-6-14-4-5-14/h10-14,21-22,31H,2-5,8-9H2,1H3,(H,27,29)(H,34,35)(H,30,32,33)/p-1.